The second-order valence-corrected chi connectivity index (χ2v) is 9.92. The fraction of sp³-hybridized carbons (Fsp3) is 0.233. The van der Waals surface area contributed by atoms with Gasteiger partial charge in [-0.2, -0.15) is 10.1 Å². The molecule has 194 valence electrons. The first-order valence-electron chi connectivity index (χ1n) is 13.0. The summed E-state index contributed by atoms with van der Waals surface area (Å²) in [5.74, 6) is 1.31. The van der Waals surface area contributed by atoms with E-state index in [0.717, 1.165) is 46.3 Å². The van der Waals surface area contributed by atoms with Crippen molar-refractivity contribution in [2.75, 3.05) is 19.8 Å². The molecule has 39 heavy (non-hydrogen) atoms. The topological polar surface area (TPSA) is 96.4 Å². The Morgan fingerprint density at radius 2 is 1.95 bits per heavy atom. The summed E-state index contributed by atoms with van der Waals surface area (Å²) in [5.41, 5.74) is 4.93. The summed E-state index contributed by atoms with van der Waals surface area (Å²) in [5, 5.41) is 6.04. The van der Waals surface area contributed by atoms with E-state index >= 15 is 0 Å². The Labute approximate surface area is 223 Å². The molecule has 1 fully saturated rings. The molecule has 9 nitrogen and oxygen atoms in total. The molecule has 0 saturated carbocycles. The molecule has 9 heteroatoms. The van der Waals surface area contributed by atoms with E-state index in [0.29, 0.717) is 41.9 Å². The first-order chi connectivity index (χ1) is 19.1. The van der Waals surface area contributed by atoms with Crippen molar-refractivity contribution in [3.8, 4) is 17.0 Å². The van der Waals surface area contributed by atoms with Gasteiger partial charge in [-0.3, -0.25) is 14.3 Å². The maximum absolute atomic E-state index is 13.6. The van der Waals surface area contributed by atoms with Gasteiger partial charge in [0.1, 0.15) is 5.65 Å². The average molecular weight is 519 g/mol. The predicted molar refractivity (Wildman–Crippen MR) is 148 cm³/mol. The molecule has 1 unspecified atom stereocenters. The molecule has 7 rings (SSSR count). The normalized spacial score (nSPS) is 15.5. The molecule has 0 aliphatic carbocycles. The van der Waals surface area contributed by atoms with Gasteiger partial charge in [-0.15, -0.1) is 0 Å². The van der Waals surface area contributed by atoms with E-state index in [1.807, 2.05) is 78.3 Å². The fourth-order valence-electron chi connectivity index (χ4n) is 5.19. The van der Waals surface area contributed by atoms with Crippen molar-refractivity contribution < 1.29 is 9.47 Å². The number of fused-ring (bicyclic) bond motifs is 4. The third kappa shape index (κ3) is 4.30. The van der Waals surface area contributed by atoms with E-state index in [1.54, 1.807) is 10.8 Å². The molecule has 2 aromatic carbocycles. The molecule has 6 aromatic rings. The molecule has 1 aliphatic heterocycles. The highest BCUT2D eigenvalue weighted by Gasteiger charge is 2.20. The second kappa shape index (κ2) is 9.59. The number of para-hydroxylation sites is 1. The van der Waals surface area contributed by atoms with Gasteiger partial charge in [-0.25, -0.2) is 9.50 Å². The number of aromatic nitrogens is 6. The number of benzene rings is 2. The lowest BCUT2D eigenvalue weighted by molar-refractivity contribution is 0.166. The minimum atomic E-state index is -0.112. The Hall–Kier alpha value is -4.63. The van der Waals surface area contributed by atoms with Crippen molar-refractivity contribution in [2.24, 2.45) is 5.92 Å². The lowest BCUT2D eigenvalue weighted by Crippen LogP contribution is -2.24. The number of nitrogens with zero attached hydrogens (tertiary/aromatic N) is 6. The van der Waals surface area contributed by atoms with Crippen LogP contribution >= 0.6 is 0 Å². The number of hydrogen-bond donors (Lipinski definition) is 0. The van der Waals surface area contributed by atoms with Crippen LogP contribution in [0.3, 0.4) is 0 Å². The lowest BCUT2D eigenvalue weighted by Gasteiger charge is -2.15. The van der Waals surface area contributed by atoms with Crippen LogP contribution < -0.4 is 10.3 Å². The van der Waals surface area contributed by atoms with Crippen molar-refractivity contribution >= 4 is 27.5 Å². The van der Waals surface area contributed by atoms with Gasteiger partial charge >= 0.3 is 0 Å². The molecule has 0 radical (unpaired) electrons. The third-order valence-corrected chi connectivity index (χ3v) is 7.18. The molecular weight excluding hydrogens is 492 g/mol. The third-order valence-electron chi connectivity index (χ3n) is 7.18. The van der Waals surface area contributed by atoms with Crippen molar-refractivity contribution in [1.82, 2.24) is 29.1 Å². The molecule has 1 saturated heterocycles. The summed E-state index contributed by atoms with van der Waals surface area (Å²) in [6.07, 6.45) is 4.55. The van der Waals surface area contributed by atoms with Crippen LogP contribution in [-0.4, -0.2) is 49.0 Å². The van der Waals surface area contributed by atoms with E-state index in [9.17, 15) is 4.79 Å². The fourth-order valence-corrected chi connectivity index (χ4v) is 5.19. The van der Waals surface area contributed by atoms with E-state index in [4.69, 9.17) is 19.4 Å². The summed E-state index contributed by atoms with van der Waals surface area (Å²) in [4.78, 5) is 27.6. The van der Waals surface area contributed by atoms with E-state index in [1.165, 1.54) is 0 Å². The zero-order valence-electron chi connectivity index (χ0n) is 21.4. The van der Waals surface area contributed by atoms with Gasteiger partial charge in [-0.05, 0) is 49.2 Å². The maximum atomic E-state index is 13.6. The highest BCUT2D eigenvalue weighted by molar-refractivity contribution is 5.88. The van der Waals surface area contributed by atoms with Gasteiger partial charge in [0.05, 0.1) is 47.3 Å². The molecule has 4 aromatic heterocycles. The lowest BCUT2D eigenvalue weighted by atomic mass is 10.1. The van der Waals surface area contributed by atoms with Crippen LogP contribution in [0.15, 0.2) is 77.9 Å². The first kappa shape index (κ1) is 23.5. The van der Waals surface area contributed by atoms with Crippen LogP contribution in [0.4, 0.5) is 0 Å². The van der Waals surface area contributed by atoms with Crippen molar-refractivity contribution in [2.45, 2.75) is 19.9 Å². The first-order valence-corrected chi connectivity index (χ1v) is 13.0. The van der Waals surface area contributed by atoms with Crippen LogP contribution in [0.2, 0.25) is 0 Å². The van der Waals surface area contributed by atoms with Crippen LogP contribution in [-0.2, 0) is 11.3 Å². The number of pyridine rings is 1. The van der Waals surface area contributed by atoms with Crippen molar-refractivity contribution in [3.63, 3.8) is 0 Å². The SMILES string of the molecule is Cc1cc2n(Cc3nc(OCC4CCOC4)c4cc(-c5cccnc5)ccc4n3)c(=O)c3ccccc3n2n1. The summed E-state index contributed by atoms with van der Waals surface area (Å²) in [6, 6.07) is 19.4. The molecule has 1 atom stereocenters. The Kier molecular flexibility index (Phi) is 5.78. The van der Waals surface area contributed by atoms with Crippen LogP contribution in [0, 0.1) is 12.8 Å². The Morgan fingerprint density at radius 3 is 2.79 bits per heavy atom. The molecule has 5 heterocycles. The van der Waals surface area contributed by atoms with Crippen LogP contribution in [0.5, 0.6) is 5.88 Å². The minimum Gasteiger partial charge on any atom is -0.477 e. The maximum Gasteiger partial charge on any atom is 0.262 e. The monoisotopic (exact) mass is 518 g/mol. The zero-order chi connectivity index (χ0) is 26.3. The van der Waals surface area contributed by atoms with Gasteiger partial charge in [0.25, 0.3) is 5.56 Å². The Bertz CT molecular complexity index is 1890. The molecule has 0 spiro atoms. The zero-order valence-corrected chi connectivity index (χ0v) is 21.4. The Morgan fingerprint density at radius 1 is 1.03 bits per heavy atom. The molecular formula is C30H26N6O3. The molecule has 1 aliphatic rings. The van der Waals surface area contributed by atoms with Crippen molar-refractivity contribution in [1.29, 1.82) is 0 Å². The highest BCUT2D eigenvalue weighted by atomic mass is 16.5. The Balaban J connectivity index is 1.35. The number of aryl methyl sites for hydroxylation is 1. The van der Waals surface area contributed by atoms with E-state index < -0.39 is 0 Å². The minimum absolute atomic E-state index is 0.112. The van der Waals surface area contributed by atoms with Crippen LogP contribution in [0.25, 0.3) is 38.6 Å². The van der Waals surface area contributed by atoms with Crippen molar-refractivity contribution in [3.05, 3.63) is 94.9 Å². The second-order valence-electron chi connectivity index (χ2n) is 9.92. The average Bonchev–Trinajstić information content (AvgIpc) is 3.64. The van der Waals surface area contributed by atoms with E-state index in [-0.39, 0.29) is 12.1 Å². The van der Waals surface area contributed by atoms with Crippen LogP contribution in [0.1, 0.15) is 17.9 Å². The standard InChI is InChI=1S/C30H26N6O3/c1-19-13-28-35(30(37)23-6-2-3-7-26(23)36(28)34-19)16-27-32-25-9-8-21(22-5-4-11-31-15-22)14-24(25)29(33-27)39-18-20-10-12-38-17-20/h2-9,11,13-15,20H,10,12,16-18H2,1H3. The highest BCUT2D eigenvalue weighted by Crippen LogP contribution is 2.29. The van der Waals surface area contributed by atoms with Gasteiger partial charge in [0.2, 0.25) is 5.88 Å². The molecule has 0 amide bonds. The summed E-state index contributed by atoms with van der Waals surface area (Å²) < 4.78 is 15.3. The largest absolute Gasteiger partial charge is 0.477 e. The number of hydrogen-bond acceptors (Lipinski definition) is 7. The van der Waals surface area contributed by atoms with E-state index in [2.05, 4.69) is 10.1 Å². The van der Waals surface area contributed by atoms with Gasteiger partial charge in [0, 0.05) is 36.5 Å². The predicted octanol–water partition coefficient (Wildman–Crippen LogP) is 4.43. The molecule has 0 N–H and O–H groups in total. The van der Waals surface area contributed by atoms with Gasteiger partial charge in [-0.1, -0.05) is 24.3 Å². The summed E-state index contributed by atoms with van der Waals surface area (Å²) >= 11 is 0. The smallest absolute Gasteiger partial charge is 0.262 e. The molecule has 0 bridgehead atoms. The van der Waals surface area contributed by atoms with Gasteiger partial charge < -0.3 is 9.47 Å². The summed E-state index contributed by atoms with van der Waals surface area (Å²) in [6.45, 7) is 4.04. The number of ether oxygens (including phenoxy) is 2. The van der Waals surface area contributed by atoms with Gasteiger partial charge in [0.15, 0.2) is 5.82 Å². The number of rotatable bonds is 6. The summed E-state index contributed by atoms with van der Waals surface area (Å²) in [7, 11) is 0. The quantitative estimate of drug-likeness (QED) is 0.322.